The maximum Gasteiger partial charge on any atom is 0.350 e. The van der Waals surface area contributed by atoms with Crippen molar-refractivity contribution in [3.8, 4) is 0 Å². The average molecular weight is 223 g/mol. The largest absolute Gasteiger partial charge is 0.357 e. The molecule has 0 N–H and O–H groups in total. The van der Waals surface area contributed by atoms with E-state index in [0.717, 1.165) is 6.08 Å². The highest BCUT2D eigenvalue weighted by atomic mass is 35.7. The Labute approximate surface area is 80.2 Å². The summed E-state index contributed by atoms with van der Waals surface area (Å²) in [6.07, 6.45) is 4.76. The second-order valence-electron chi connectivity index (χ2n) is 1.94. The van der Waals surface area contributed by atoms with Crippen LogP contribution < -0.4 is 0 Å². The first-order valence-electron chi connectivity index (χ1n) is 3.06. The van der Waals surface area contributed by atoms with Crippen LogP contribution in [0.3, 0.4) is 0 Å². The minimum Gasteiger partial charge on any atom is -0.357 e. The van der Waals surface area contributed by atoms with Crippen molar-refractivity contribution < 1.29 is 13.2 Å². The zero-order valence-corrected chi connectivity index (χ0v) is 8.29. The quantitative estimate of drug-likeness (QED) is 0.402. The number of nitrogens with zero attached hydrogens (tertiary/aromatic N) is 2. The predicted molar refractivity (Wildman–Crippen MR) is 48.3 cm³/mol. The van der Waals surface area contributed by atoms with E-state index in [9.17, 15) is 8.42 Å². The van der Waals surface area contributed by atoms with Gasteiger partial charge >= 0.3 is 9.24 Å². The molecule has 1 heterocycles. The van der Waals surface area contributed by atoms with E-state index in [0.29, 0.717) is 0 Å². The second-order valence-corrected chi connectivity index (χ2v) is 4.12. The van der Waals surface area contributed by atoms with E-state index < -0.39 is 9.24 Å². The maximum absolute atomic E-state index is 9.57. The Hall–Kier alpha value is -1.10. The van der Waals surface area contributed by atoms with Crippen LogP contribution in [0.25, 0.3) is 0 Å². The van der Waals surface area contributed by atoms with Crippen molar-refractivity contribution in [2.24, 2.45) is 11.4 Å². The smallest absolute Gasteiger partial charge is 0.350 e. The zero-order valence-electron chi connectivity index (χ0n) is 6.71. The van der Waals surface area contributed by atoms with Gasteiger partial charge in [0, 0.05) is 30.1 Å². The van der Waals surface area contributed by atoms with Crippen LogP contribution in [0.2, 0.25) is 0 Å². The SMILES string of the molecule is Cn1cccc1.O=C=NS(=O)(=O)Cl. The Balaban J connectivity index is 0.000000223. The van der Waals surface area contributed by atoms with Gasteiger partial charge in [0.15, 0.2) is 0 Å². The number of rotatable bonds is 1. The van der Waals surface area contributed by atoms with Crippen LogP contribution >= 0.6 is 10.7 Å². The number of carbonyl (C=O) groups excluding carboxylic acids is 1. The van der Waals surface area contributed by atoms with Crippen LogP contribution in [-0.4, -0.2) is 19.1 Å². The summed E-state index contributed by atoms with van der Waals surface area (Å²) < 4.78 is 23.3. The number of isocyanates is 1. The third-order valence-corrected chi connectivity index (χ3v) is 1.40. The van der Waals surface area contributed by atoms with Gasteiger partial charge < -0.3 is 4.57 Å². The molecular weight excluding hydrogens is 216 g/mol. The predicted octanol–water partition coefficient (Wildman–Crippen LogP) is 0.831. The fraction of sp³-hybridized carbons (Fsp3) is 0.167. The maximum atomic E-state index is 9.57. The van der Waals surface area contributed by atoms with Crippen molar-refractivity contribution in [1.29, 1.82) is 0 Å². The molecule has 0 amide bonds. The van der Waals surface area contributed by atoms with Crippen molar-refractivity contribution in [1.82, 2.24) is 4.57 Å². The Morgan fingerprint density at radius 1 is 1.38 bits per heavy atom. The molecule has 72 valence electrons. The molecule has 0 aromatic carbocycles. The van der Waals surface area contributed by atoms with E-state index in [1.165, 1.54) is 0 Å². The van der Waals surface area contributed by atoms with E-state index >= 15 is 0 Å². The molecule has 0 aliphatic carbocycles. The highest BCUT2D eigenvalue weighted by Crippen LogP contribution is 1.93. The van der Waals surface area contributed by atoms with E-state index in [1.807, 2.05) is 36.1 Å². The first kappa shape index (κ1) is 11.9. The lowest BCUT2D eigenvalue weighted by molar-refractivity contribution is 0.564. The van der Waals surface area contributed by atoms with Crippen LogP contribution in [0.5, 0.6) is 0 Å². The number of hydrogen-bond acceptors (Lipinski definition) is 3. The molecule has 1 rings (SSSR count). The molecule has 7 heteroatoms. The van der Waals surface area contributed by atoms with Crippen molar-refractivity contribution in [2.75, 3.05) is 0 Å². The van der Waals surface area contributed by atoms with E-state index in [-0.39, 0.29) is 0 Å². The summed E-state index contributed by atoms with van der Waals surface area (Å²) in [5.41, 5.74) is 0. The summed E-state index contributed by atoms with van der Waals surface area (Å²) in [7, 11) is 2.38. The summed E-state index contributed by atoms with van der Waals surface area (Å²) in [5.74, 6) is 0. The van der Waals surface area contributed by atoms with E-state index in [4.69, 9.17) is 4.79 Å². The molecule has 0 unspecified atom stereocenters. The van der Waals surface area contributed by atoms with Gasteiger partial charge in [-0.05, 0) is 12.1 Å². The Kier molecular flexibility index (Phi) is 5.06. The monoisotopic (exact) mass is 222 g/mol. The third kappa shape index (κ3) is 8.81. The molecule has 0 saturated heterocycles. The van der Waals surface area contributed by atoms with Gasteiger partial charge in [-0.15, -0.1) is 0 Å². The summed E-state index contributed by atoms with van der Waals surface area (Å²) >= 11 is 0. The zero-order chi connectivity index (χ0) is 10.3. The van der Waals surface area contributed by atoms with Crippen LogP contribution in [0.1, 0.15) is 0 Å². The van der Waals surface area contributed by atoms with Crippen LogP contribution in [0.4, 0.5) is 0 Å². The first-order valence-corrected chi connectivity index (χ1v) is 5.33. The first-order chi connectivity index (χ1) is 5.95. The molecule has 0 radical (unpaired) electrons. The molecule has 1 aromatic rings. The third-order valence-electron chi connectivity index (χ3n) is 0.900. The standard InChI is InChI=1S/C5H7N.CClNO3S/c1-6-4-2-3-5-6;2-7(5,6)3-1-4/h2-5H,1H3;. The number of aromatic nitrogens is 1. The van der Waals surface area contributed by atoms with E-state index in [1.54, 1.807) is 0 Å². The summed E-state index contributed by atoms with van der Waals surface area (Å²) in [6.45, 7) is 0. The Morgan fingerprint density at radius 3 is 1.92 bits per heavy atom. The van der Waals surface area contributed by atoms with Crippen molar-refractivity contribution in [2.45, 2.75) is 0 Å². The van der Waals surface area contributed by atoms with Gasteiger partial charge in [0.1, 0.15) is 0 Å². The van der Waals surface area contributed by atoms with Crippen molar-refractivity contribution >= 4 is 26.0 Å². The molecule has 0 spiro atoms. The minimum absolute atomic E-state index is 0.763. The molecule has 0 bridgehead atoms. The van der Waals surface area contributed by atoms with Gasteiger partial charge in [-0.25, -0.2) is 4.79 Å². The van der Waals surface area contributed by atoms with Gasteiger partial charge in [-0.1, -0.05) is 4.40 Å². The lowest BCUT2D eigenvalue weighted by atomic mass is 10.7. The molecule has 5 nitrogen and oxygen atoms in total. The number of hydrogen-bond donors (Lipinski definition) is 0. The second kappa shape index (κ2) is 5.53. The Morgan fingerprint density at radius 2 is 1.85 bits per heavy atom. The van der Waals surface area contributed by atoms with Crippen molar-refractivity contribution in [3.05, 3.63) is 24.5 Å². The molecule has 0 fully saturated rings. The topological polar surface area (TPSA) is 68.5 Å². The molecule has 0 atom stereocenters. The molecule has 0 aliphatic heterocycles. The summed E-state index contributed by atoms with van der Waals surface area (Å²) in [4.78, 5) is 9.07. The molecule has 0 saturated carbocycles. The van der Waals surface area contributed by atoms with Gasteiger partial charge in [-0.3, -0.25) is 0 Å². The number of aryl methyl sites for hydroxylation is 1. The van der Waals surface area contributed by atoms with Gasteiger partial charge in [-0.2, -0.15) is 8.42 Å². The highest BCUT2D eigenvalue weighted by Gasteiger charge is 1.95. The van der Waals surface area contributed by atoms with E-state index in [2.05, 4.69) is 15.1 Å². The van der Waals surface area contributed by atoms with Crippen LogP contribution in [0, 0.1) is 0 Å². The molecular formula is C6H7ClN2O3S. The highest BCUT2D eigenvalue weighted by molar-refractivity contribution is 8.12. The van der Waals surface area contributed by atoms with Crippen LogP contribution in [0.15, 0.2) is 28.9 Å². The summed E-state index contributed by atoms with van der Waals surface area (Å²) in [6, 6.07) is 4.00. The molecule has 13 heavy (non-hydrogen) atoms. The van der Waals surface area contributed by atoms with Gasteiger partial charge in [0.2, 0.25) is 0 Å². The Bertz CT molecular complexity index is 378. The lowest BCUT2D eigenvalue weighted by Gasteiger charge is -1.79. The van der Waals surface area contributed by atoms with Gasteiger partial charge in [0.25, 0.3) is 6.08 Å². The molecule has 1 aromatic heterocycles. The van der Waals surface area contributed by atoms with Gasteiger partial charge in [0.05, 0.1) is 0 Å². The lowest BCUT2D eigenvalue weighted by Crippen LogP contribution is -1.76. The number of halogens is 1. The van der Waals surface area contributed by atoms with Crippen LogP contribution in [-0.2, 0) is 21.1 Å². The summed E-state index contributed by atoms with van der Waals surface area (Å²) in [5, 5.41) is 0. The normalized spacial score (nSPS) is 9.38. The fourth-order valence-electron chi connectivity index (χ4n) is 0.465. The van der Waals surface area contributed by atoms with Crippen molar-refractivity contribution in [3.63, 3.8) is 0 Å². The fourth-order valence-corrected chi connectivity index (χ4v) is 0.639. The minimum atomic E-state index is -4.00. The molecule has 0 aliphatic rings. The average Bonchev–Trinajstić information content (AvgIpc) is 2.38.